The van der Waals surface area contributed by atoms with Gasteiger partial charge < -0.3 is 28.9 Å². The molecule has 1 aromatic heterocycles. The minimum Gasteiger partial charge on any atom is -0.490 e. The standard InChI is InChI=1S/C28H44N4O7S/c1-18-15-32(19(2)17-33)28(34)24-14-23(30-40(35,36)27-21(4)29-39-22(27)5)11-12-25(24)38-20(3)10-8-9-13-37-26(18)16-31(6)7/h11-12,14,18-20,26,30,33H,8-10,13,15-17H2,1-7H3/t18-,19-,20-,26+/m0/s1. The van der Waals surface area contributed by atoms with Crippen LogP contribution in [0.2, 0.25) is 0 Å². The van der Waals surface area contributed by atoms with Gasteiger partial charge in [-0.15, -0.1) is 0 Å². The highest BCUT2D eigenvalue weighted by Gasteiger charge is 2.31. The van der Waals surface area contributed by atoms with Crippen molar-refractivity contribution in [1.82, 2.24) is 15.0 Å². The summed E-state index contributed by atoms with van der Waals surface area (Å²) in [6, 6.07) is 4.18. The number of amides is 1. The number of likely N-dealkylation sites (N-methyl/N-ethyl adjacent to an activating group) is 1. The van der Waals surface area contributed by atoms with Crippen LogP contribution in [0.3, 0.4) is 0 Å². The van der Waals surface area contributed by atoms with Crippen molar-refractivity contribution >= 4 is 21.6 Å². The number of nitrogens with zero attached hydrogens (tertiary/aromatic N) is 3. The van der Waals surface area contributed by atoms with Crippen molar-refractivity contribution in [2.45, 2.75) is 77.0 Å². The number of sulfonamides is 1. The maximum absolute atomic E-state index is 14.1. The fourth-order valence-electron chi connectivity index (χ4n) is 4.87. The molecule has 11 nitrogen and oxygen atoms in total. The average Bonchev–Trinajstić information content (AvgIpc) is 3.23. The summed E-state index contributed by atoms with van der Waals surface area (Å²) in [5.74, 6) is 0.129. The molecule has 40 heavy (non-hydrogen) atoms. The van der Waals surface area contributed by atoms with Gasteiger partial charge in [-0.25, -0.2) is 8.42 Å². The second-order valence-corrected chi connectivity index (χ2v) is 12.7. The van der Waals surface area contributed by atoms with Crippen LogP contribution in [0.25, 0.3) is 0 Å². The van der Waals surface area contributed by atoms with E-state index in [2.05, 4.69) is 14.8 Å². The molecular formula is C28H44N4O7S. The summed E-state index contributed by atoms with van der Waals surface area (Å²) in [5, 5.41) is 13.8. The lowest BCUT2D eigenvalue weighted by Crippen LogP contribution is -2.47. The zero-order valence-corrected chi connectivity index (χ0v) is 25.5. The number of aliphatic hydroxyl groups excluding tert-OH is 1. The Morgan fingerprint density at radius 2 is 1.95 bits per heavy atom. The summed E-state index contributed by atoms with van der Waals surface area (Å²) in [7, 11) is -0.0559. The monoisotopic (exact) mass is 580 g/mol. The zero-order chi connectivity index (χ0) is 29.6. The maximum Gasteiger partial charge on any atom is 0.267 e. The van der Waals surface area contributed by atoms with Gasteiger partial charge in [-0.1, -0.05) is 12.1 Å². The third kappa shape index (κ3) is 7.96. The molecule has 0 bridgehead atoms. The molecule has 3 rings (SSSR count). The first-order valence-corrected chi connectivity index (χ1v) is 15.3. The molecular weight excluding hydrogens is 536 g/mol. The molecule has 12 heteroatoms. The third-order valence-electron chi connectivity index (χ3n) is 7.09. The molecule has 0 unspecified atom stereocenters. The lowest BCUT2D eigenvalue weighted by Gasteiger charge is -2.35. The molecule has 2 heterocycles. The van der Waals surface area contributed by atoms with Gasteiger partial charge in [0.1, 0.15) is 11.4 Å². The van der Waals surface area contributed by atoms with Gasteiger partial charge in [-0.05, 0) is 79.3 Å². The maximum atomic E-state index is 14.1. The van der Waals surface area contributed by atoms with Gasteiger partial charge in [0.05, 0.1) is 30.4 Å². The molecule has 0 saturated carbocycles. The summed E-state index contributed by atoms with van der Waals surface area (Å²) in [4.78, 5) is 17.8. The highest BCUT2D eigenvalue weighted by atomic mass is 32.2. The predicted molar refractivity (Wildman–Crippen MR) is 152 cm³/mol. The van der Waals surface area contributed by atoms with E-state index < -0.39 is 16.1 Å². The Bertz CT molecular complexity index is 1230. The van der Waals surface area contributed by atoms with Gasteiger partial charge in [0.15, 0.2) is 10.7 Å². The average molecular weight is 581 g/mol. The van der Waals surface area contributed by atoms with Crippen molar-refractivity contribution in [3.05, 3.63) is 35.2 Å². The SMILES string of the molecule is Cc1noc(C)c1S(=O)(=O)Nc1ccc2c(c1)C(=O)N([C@@H](C)CO)C[C@H](C)[C@@H](CN(C)C)OCCCC[C@H](C)O2. The van der Waals surface area contributed by atoms with Crippen LogP contribution in [0.15, 0.2) is 27.6 Å². The van der Waals surface area contributed by atoms with Crippen LogP contribution in [0.5, 0.6) is 5.75 Å². The Morgan fingerprint density at radius 1 is 1.23 bits per heavy atom. The van der Waals surface area contributed by atoms with Crippen LogP contribution >= 0.6 is 0 Å². The van der Waals surface area contributed by atoms with E-state index in [4.69, 9.17) is 14.0 Å². The topological polar surface area (TPSA) is 134 Å². The number of hydrogen-bond donors (Lipinski definition) is 2. The Morgan fingerprint density at radius 3 is 2.58 bits per heavy atom. The van der Waals surface area contributed by atoms with Gasteiger partial charge in [0, 0.05) is 31.3 Å². The molecule has 0 aliphatic carbocycles. The number of ether oxygens (including phenoxy) is 2. The number of rotatable bonds is 7. The number of aryl methyl sites for hydroxylation is 2. The summed E-state index contributed by atoms with van der Waals surface area (Å²) in [6.07, 6.45) is 2.26. The van der Waals surface area contributed by atoms with Crippen LogP contribution < -0.4 is 9.46 Å². The summed E-state index contributed by atoms with van der Waals surface area (Å²) in [6.45, 7) is 10.3. The lowest BCUT2D eigenvalue weighted by atomic mass is 10.0. The first kappa shape index (κ1) is 31.9. The summed E-state index contributed by atoms with van der Waals surface area (Å²) < 4.78 is 46.4. The number of fused-ring (bicyclic) bond motifs is 1. The number of carbonyl (C=O) groups is 1. The van der Waals surface area contributed by atoms with E-state index in [-0.39, 0.29) is 58.2 Å². The highest BCUT2D eigenvalue weighted by Crippen LogP contribution is 2.30. The van der Waals surface area contributed by atoms with E-state index in [0.717, 1.165) is 19.3 Å². The van der Waals surface area contributed by atoms with E-state index in [1.807, 2.05) is 27.9 Å². The second-order valence-electron chi connectivity index (χ2n) is 11.0. The lowest BCUT2D eigenvalue weighted by molar-refractivity contribution is -0.0137. The molecule has 1 amide bonds. The smallest absolute Gasteiger partial charge is 0.267 e. The number of aliphatic hydroxyl groups is 1. The molecule has 1 aliphatic rings. The molecule has 0 spiro atoms. The van der Waals surface area contributed by atoms with Crippen LogP contribution in [0.4, 0.5) is 5.69 Å². The van der Waals surface area contributed by atoms with Crippen LogP contribution in [-0.2, 0) is 14.8 Å². The van der Waals surface area contributed by atoms with Crippen LogP contribution in [0.1, 0.15) is 61.8 Å². The van der Waals surface area contributed by atoms with E-state index in [0.29, 0.717) is 25.4 Å². The number of hydrogen-bond acceptors (Lipinski definition) is 9. The van der Waals surface area contributed by atoms with Crippen molar-refractivity contribution in [3.8, 4) is 5.75 Å². The molecule has 2 aromatic rings. The van der Waals surface area contributed by atoms with Gasteiger partial charge in [-0.2, -0.15) is 0 Å². The van der Waals surface area contributed by atoms with Crippen molar-refractivity contribution in [2.24, 2.45) is 5.92 Å². The minimum atomic E-state index is -4.03. The number of carbonyl (C=O) groups excluding carboxylic acids is 1. The minimum absolute atomic E-state index is 0.0344. The molecule has 1 aliphatic heterocycles. The number of nitrogens with one attached hydrogen (secondary N) is 1. The highest BCUT2D eigenvalue weighted by molar-refractivity contribution is 7.92. The number of benzene rings is 1. The molecule has 2 N–H and O–H groups in total. The number of aromatic nitrogens is 1. The molecule has 0 radical (unpaired) electrons. The normalized spacial score (nSPS) is 22.4. The van der Waals surface area contributed by atoms with Crippen molar-refractivity contribution in [2.75, 3.05) is 45.1 Å². The van der Waals surface area contributed by atoms with E-state index in [9.17, 15) is 18.3 Å². The molecule has 0 saturated heterocycles. The molecule has 1 aromatic carbocycles. The number of anilines is 1. The van der Waals surface area contributed by atoms with Gasteiger partial charge in [0.2, 0.25) is 0 Å². The van der Waals surface area contributed by atoms with Crippen molar-refractivity contribution in [1.29, 1.82) is 0 Å². The zero-order valence-electron chi connectivity index (χ0n) is 24.6. The Hall–Kier alpha value is -2.67. The first-order chi connectivity index (χ1) is 18.8. The van der Waals surface area contributed by atoms with Crippen molar-refractivity contribution < 1.29 is 32.3 Å². The molecule has 4 atom stereocenters. The van der Waals surface area contributed by atoms with Crippen molar-refractivity contribution in [3.63, 3.8) is 0 Å². The predicted octanol–water partition coefficient (Wildman–Crippen LogP) is 3.45. The van der Waals surface area contributed by atoms with E-state index in [1.54, 1.807) is 30.9 Å². The Kier molecular flexibility index (Phi) is 11.0. The van der Waals surface area contributed by atoms with E-state index in [1.165, 1.54) is 13.0 Å². The quantitative estimate of drug-likeness (QED) is 0.505. The van der Waals surface area contributed by atoms with Gasteiger partial charge >= 0.3 is 0 Å². The van der Waals surface area contributed by atoms with Gasteiger partial charge in [0.25, 0.3) is 15.9 Å². The molecule has 0 fully saturated rings. The van der Waals surface area contributed by atoms with Crippen LogP contribution in [0, 0.1) is 19.8 Å². The first-order valence-electron chi connectivity index (χ1n) is 13.8. The Balaban J connectivity index is 2.04. The van der Waals surface area contributed by atoms with E-state index >= 15 is 0 Å². The molecule has 224 valence electrons. The largest absolute Gasteiger partial charge is 0.490 e. The second kappa shape index (κ2) is 13.8. The summed E-state index contributed by atoms with van der Waals surface area (Å²) in [5.41, 5.74) is 0.645. The fourth-order valence-corrected chi connectivity index (χ4v) is 6.25. The third-order valence-corrected chi connectivity index (χ3v) is 8.71. The van der Waals surface area contributed by atoms with Crippen LogP contribution in [-0.4, -0.2) is 93.0 Å². The Labute approximate surface area is 237 Å². The van der Waals surface area contributed by atoms with Gasteiger partial charge in [-0.3, -0.25) is 9.52 Å². The summed E-state index contributed by atoms with van der Waals surface area (Å²) >= 11 is 0. The fraction of sp³-hybridized carbons (Fsp3) is 0.643.